The Kier molecular flexibility index (Phi) is 4.24. The van der Waals surface area contributed by atoms with Gasteiger partial charge in [-0.1, -0.05) is 5.11 Å². The van der Waals surface area contributed by atoms with Crippen molar-refractivity contribution < 1.29 is 24.0 Å². The van der Waals surface area contributed by atoms with Crippen molar-refractivity contribution in [3.8, 4) is 0 Å². The topological polar surface area (TPSA) is 94.9 Å². The fourth-order valence-electron chi connectivity index (χ4n) is 2.49. The van der Waals surface area contributed by atoms with Gasteiger partial charge in [0.15, 0.2) is 11.6 Å². The largest absolute Gasteiger partial charge is 0.342 e. The van der Waals surface area contributed by atoms with Crippen LogP contribution in [0, 0.1) is 0 Å². The Morgan fingerprint density at radius 3 is 2.35 bits per heavy atom. The van der Waals surface area contributed by atoms with Gasteiger partial charge in [0.1, 0.15) is 18.3 Å². The van der Waals surface area contributed by atoms with E-state index in [2.05, 4.69) is 10.0 Å². The van der Waals surface area contributed by atoms with Crippen LogP contribution in [-0.2, 0) is 24.0 Å². The van der Waals surface area contributed by atoms with Crippen molar-refractivity contribution in [2.24, 2.45) is 5.11 Å². The molecule has 114 valence electrons. The van der Waals surface area contributed by atoms with Crippen LogP contribution in [0.5, 0.6) is 0 Å². The SMILES string of the molecule is CC1OC(C)(C)OOC(CN=[N+]=[N-])C2OC(C)(C)OC12. The minimum absolute atomic E-state index is 0.0971. The lowest BCUT2D eigenvalue weighted by Crippen LogP contribution is -2.51. The van der Waals surface area contributed by atoms with Crippen LogP contribution in [0.3, 0.4) is 0 Å². The molecule has 0 aromatic rings. The highest BCUT2D eigenvalue weighted by atomic mass is 17.2. The van der Waals surface area contributed by atoms with Crippen LogP contribution in [0.15, 0.2) is 5.11 Å². The first-order valence-electron chi connectivity index (χ1n) is 6.63. The van der Waals surface area contributed by atoms with E-state index in [0.717, 1.165) is 0 Å². The second kappa shape index (κ2) is 5.48. The number of fused-ring (bicyclic) bond motifs is 1. The van der Waals surface area contributed by atoms with Crippen LogP contribution < -0.4 is 0 Å². The van der Waals surface area contributed by atoms with Crippen LogP contribution in [0.2, 0.25) is 0 Å². The average molecular weight is 287 g/mol. The maximum absolute atomic E-state index is 8.49. The summed E-state index contributed by atoms with van der Waals surface area (Å²) in [6.45, 7) is 9.12. The van der Waals surface area contributed by atoms with Gasteiger partial charge in [-0.15, -0.1) is 0 Å². The molecule has 8 heteroatoms. The molecule has 0 aromatic heterocycles. The van der Waals surface area contributed by atoms with Crippen LogP contribution in [-0.4, -0.2) is 42.5 Å². The van der Waals surface area contributed by atoms with E-state index in [1.165, 1.54) is 0 Å². The Labute approximate surface area is 117 Å². The van der Waals surface area contributed by atoms with Crippen LogP contribution in [0.1, 0.15) is 34.6 Å². The number of hydrogen-bond donors (Lipinski definition) is 0. The van der Waals surface area contributed by atoms with E-state index in [0.29, 0.717) is 0 Å². The Balaban J connectivity index is 2.24. The van der Waals surface area contributed by atoms with E-state index in [4.69, 9.17) is 29.5 Å². The van der Waals surface area contributed by atoms with Crippen molar-refractivity contribution >= 4 is 0 Å². The van der Waals surface area contributed by atoms with E-state index in [1.807, 2.05) is 20.8 Å². The van der Waals surface area contributed by atoms with Crippen molar-refractivity contribution in [2.75, 3.05) is 6.54 Å². The molecule has 0 radical (unpaired) electrons. The van der Waals surface area contributed by atoms with Gasteiger partial charge in [0.2, 0.25) is 0 Å². The van der Waals surface area contributed by atoms with Crippen LogP contribution in [0.25, 0.3) is 10.4 Å². The zero-order valence-electron chi connectivity index (χ0n) is 12.4. The highest BCUT2D eigenvalue weighted by molar-refractivity contribution is 4.92. The van der Waals surface area contributed by atoms with E-state index >= 15 is 0 Å². The molecule has 0 spiro atoms. The smallest absolute Gasteiger partial charge is 0.196 e. The molecule has 2 fully saturated rings. The Bertz CT molecular complexity index is 408. The van der Waals surface area contributed by atoms with Gasteiger partial charge in [0.05, 0.1) is 12.6 Å². The molecule has 0 aliphatic carbocycles. The molecule has 4 atom stereocenters. The molecule has 0 N–H and O–H groups in total. The first-order chi connectivity index (χ1) is 9.24. The summed E-state index contributed by atoms with van der Waals surface area (Å²) >= 11 is 0. The molecule has 2 saturated heterocycles. The zero-order valence-corrected chi connectivity index (χ0v) is 12.4. The minimum Gasteiger partial charge on any atom is -0.342 e. The second-order valence-corrected chi connectivity index (χ2v) is 5.92. The normalized spacial score (nSPS) is 39.2. The number of nitrogens with zero attached hydrogens (tertiary/aromatic N) is 3. The lowest BCUT2D eigenvalue weighted by Gasteiger charge is -2.37. The van der Waals surface area contributed by atoms with E-state index in [9.17, 15) is 0 Å². The van der Waals surface area contributed by atoms with Gasteiger partial charge in [0.25, 0.3) is 0 Å². The average Bonchev–Trinajstić information content (AvgIpc) is 2.64. The minimum atomic E-state index is -0.922. The monoisotopic (exact) mass is 287 g/mol. The molecule has 2 aliphatic heterocycles. The van der Waals surface area contributed by atoms with Gasteiger partial charge < -0.3 is 14.2 Å². The molecule has 4 unspecified atom stereocenters. The van der Waals surface area contributed by atoms with Crippen LogP contribution >= 0.6 is 0 Å². The quantitative estimate of drug-likeness (QED) is 0.336. The van der Waals surface area contributed by atoms with Gasteiger partial charge in [0, 0.05) is 4.91 Å². The van der Waals surface area contributed by atoms with Crippen LogP contribution in [0.4, 0.5) is 0 Å². The highest BCUT2D eigenvalue weighted by Gasteiger charge is 2.51. The van der Waals surface area contributed by atoms with Gasteiger partial charge in [-0.2, -0.15) is 0 Å². The fourth-order valence-corrected chi connectivity index (χ4v) is 2.49. The van der Waals surface area contributed by atoms with Crippen molar-refractivity contribution in [1.29, 1.82) is 0 Å². The van der Waals surface area contributed by atoms with Gasteiger partial charge in [-0.25, -0.2) is 9.78 Å². The Morgan fingerprint density at radius 1 is 1.05 bits per heavy atom. The summed E-state index contributed by atoms with van der Waals surface area (Å²) in [5.41, 5.74) is 8.49. The summed E-state index contributed by atoms with van der Waals surface area (Å²) in [5, 5.41) is 3.55. The van der Waals surface area contributed by atoms with Crippen molar-refractivity contribution in [3.05, 3.63) is 10.4 Å². The molecule has 2 rings (SSSR count). The number of rotatable bonds is 2. The lowest BCUT2D eigenvalue weighted by molar-refractivity contribution is -0.457. The Morgan fingerprint density at radius 2 is 1.70 bits per heavy atom. The second-order valence-electron chi connectivity index (χ2n) is 5.92. The maximum Gasteiger partial charge on any atom is 0.196 e. The first kappa shape index (κ1) is 15.5. The third kappa shape index (κ3) is 3.41. The number of hydrogen-bond acceptors (Lipinski definition) is 6. The molecule has 2 heterocycles. The summed E-state index contributed by atoms with van der Waals surface area (Å²) in [4.78, 5) is 13.4. The molecule has 0 saturated carbocycles. The summed E-state index contributed by atoms with van der Waals surface area (Å²) < 4.78 is 17.5. The molecule has 20 heavy (non-hydrogen) atoms. The predicted molar refractivity (Wildman–Crippen MR) is 68.4 cm³/mol. The van der Waals surface area contributed by atoms with Gasteiger partial charge >= 0.3 is 0 Å². The Hall–Kier alpha value is -0.890. The number of ether oxygens (including phenoxy) is 3. The fraction of sp³-hybridized carbons (Fsp3) is 1.00. The van der Waals surface area contributed by atoms with E-state index in [1.54, 1.807) is 13.8 Å². The van der Waals surface area contributed by atoms with Crippen molar-refractivity contribution in [2.45, 2.75) is 70.6 Å². The molecule has 0 amide bonds. The highest BCUT2D eigenvalue weighted by Crippen LogP contribution is 2.36. The van der Waals surface area contributed by atoms with Crippen molar-refractivity contribution in [3.63, 3.8) is 0 Å². The molecule has 2 aliphatic rings. The third-order valence-electron chi connectivity index (χ3n) is 3.16. The summed E-state index contributed by atoms with van der Waals surface area (Å²) in [6.07, 6.45) is -1.56. The van der Waals surface area contributed by atoms with E-state index < -0.39 is 23.8 Å². The molecule has 0 aromatic carbocycles. The van der Waals surface area contributed by atoms with E-state index in [-0.39, 0.29) is 18.8 Å². The maximum atomic E-state index is 8.49. The summed E-state index contributed by atoms with van der Waals surface area (Å²) in [5.74, 6) is -1.67. The molecular weight excluding hydrogens is 266 g/mol. The molecule has 8 nitrogen and oxygen atoms in total. The zero-order chi connectivity index (χ0) is 15.0. The van der Waals surface area contributed by atoms with Gasteiger partial charge in [-0.3, -0.25) is 0 Å². The predicted octanol–water partition coefficient (Wildman–Crippen LogP) is 2.29. The summed E-state index contributed by atoms with van der Waals surface area (Å²) in [6, 6.07) is 0. The molecule has 0 bridgehead atoms. The molecular formula is C12H21N3O5. The van der Waals surface area contributed by atoms with Gasteiger partial charge in [-0.05, 0) is 40.1 Å². The third-order valence-corrected chi connectivity index (χ3v) is 3.16. The van der Waals surface area contributed by atoms with Crippen molar-refractivity contribution in [1.82, 2.24) is 0 Å². The summed E-state index contributed by atoms with van der Waals surface area (Å²) in [7, 11) is 0. The first-order valence-corrected chi connectivity index (χ1v) is 6.63. The lowest BCUT2D eigenvalue weighted by atomic mass is 10.0. The number of azide groups is 1. The standard InChI is InChI=1S/C12H21N3O5/c1-7-9-10(18-11(2,3)17-9)8(6-14-15-13)19-20-12(4,5)16-7/h7-10H,6H2,1-5H3.